The maximum atomic E-state index is 13.1. The summed E-state index contributed by atoms with van der Waals surface area (Å²) in [6.45, 7) is 5.27. The van der Waals surface area contributed by atoms with E-state index in [0.717, 1.165) is 19.0 Å². The molecule has 0 aliphatic carbocycles. The van der Waals surface area contributed by atoms with Crippen LogP contribution in [0.3, 0.4) is 0 Å². The maximum absolute atomic E-state index is 13.1. The van der Waals surface area contributed by atoms with Gasteiger partial charge in [0.15, 0.2) is 0 Å². The number of nitrogens with zero attached hydrogens (tertiary/aromatic N) is 1. The molecule has 0 aromatic heterocycles. The lowest BCUT2D eigenvalue weighted by molar-refractivity contribution is -0.138. The van der Waals surface area contributed by atoms with E-state index >= 15 is 0 Å². The van der Waals surface area contributed by atoms with E-state index in [4.69, 9.17) is 5.73 Å². The number of rotatable bonds is 3. The second kappa shape index (κ2) is 5.74. The van der Waals surface area contributed by atoms with Crippen LogP contribution in [-0.4, -0.2) is 24.0 Å². The Hall–Kier alpha value is -1.07. The fraction of sp³-hybridized carbons (Fsp3) is 0.600. The first-order chi connectivity index (χ1) is 9.34. The number of benzene rings is 1. The largest absolute Gasteiger partial charge is 0.416 e. The summed E-state index contributed by atoms with van der Waals surface area (Å²) in [4.78, 5) is 2.13. The van der Waals surface area contributed by atoms with Crippen LogP contribution in [-0.2, 0) is 6.18 Å². The zero-order chi connectivity index (χ0) is 14.9. The molecule has 112 valence electrons. The molecule has 0 radical (unpaired) electrons. The van der Waals surface area contributed by atoms with Gasteiger partial charge >= 0.3 is 6.18 Å². The summed E-state index contributed by atoms with van der Waals surface area (Å²) in [5.74, 6) is 0.380. The molecule has 3 atom stereocenters. The van der Waals surface area contributed by atoms with Crippen molar-refractivity contribution in [3.05, 3.63) is 35.4 Å². The number of alkyl halides is 3. The van der Waals surface area contributed by atoms with Crippen LogP contribution in [0.2, 0.25) is 0 Å². The summed E-state index contributed by atoms with van der Waals surface area (Å²) in [5, 5.41) is 0. The van der Waals surface area contributed by atoms with Crippen LogP contribution < -0.4 is 5.73 Å². The molecule has 0 amide bonds. The molecule has 0 bridgehead atoms. The van der Waals surface area contributed by atoms with Gasteiger partial charge in [-0.05, 0) is 44.4 Å². The van der Waals surface area contributed by atoms with Crippen LogP contribution in [0.4, 0.5) is 13.2 Å². The second-order valence-electron chi connectivity index (χ2n) is 5.64. The van der Waals surface area contributed by atoms with Crippen molar-refractivity contribution < 1.29 is 13.2 Å². The van der Waals surface area contributed by atoms with Gasteiger partial charge in [-0.1, -0.05) is 18.2 Å². The van der Waals surface area contributed by atoms with Gasteiger partial charge < -0.3 is 5.73 Å². The number of hydrogen-bond donors (Lipinski definition) is 1. The van der Waals surface area contributed by atoms with E-state index in [1.165, 1.54) is 6.07 Å². The quantitative estimate of drug-likeness (QED) is 0.922. The lowest BCUT2D eigenvalue weighted by atomic mass is 9.99. The molecule has 1 heterocycles. The standard InChI is InChI=1S/C15H21F3N2/c1-10-7-12(8-19)9-20(10)11(2)13-5-3-4-6-14(13)15(16,17)18/h3-6,10-12H,7-9,19H2,1-2H3. The van der Waals surface area contributed by atoms with Crippen molar-refractivity contribution in [1.29, 1.82) is 0 Å². The van der Waals surface area contributed by atoms with E-state index in [9.17, 15) is 13.2 Å². The molecule has 0 spiro atoms. The Morgan fingerprint density at radius 2 is 2.00 bits per heavy atom. The molecule has 0 saturated carbocycles. The average molecular weight is 286 g/mol. The van der Waals surface area contributed by atoms with Crippen LogP contribution in [0.1, 0.15) is 37.4 Å². The van der Waals surface area contributed by atoms with Crippen molar-refractivity contribution in [1.82, 2.24) is 4.90 Å². The zero-order valence-corrected chi connectivity index (χ0v) is 11.8. The lowest BCUT2D eigenvalue weighted by Gasteiger charge is -2.30. The summed E-state index contributed by atoms with van der Waals surface area (Å²) < 4.78 is 39.3. The lowest BCUT2D eigenvalue weighted by Crippen LogP contribution is -2.32. The van der Waals surface area contributed by atoms with Crippen LogP contribution >= 0.6 is 0 Å². The average Bonchev–Trinajstić information content (AvgIpc) is 2.78. The van der Waals surface area contributed by atoms with Gasteiger partial charge in [0, 0.05) is 18.6 Å². The Morgan fingerprint density at radius 1 is 1.35 bits per heavy atom. The summed E-state index contributed by atoms with van der Waals surface area (Å²) in [5.41, 5.74) is 5.51. The van der Waals surface area contributed by atoms with Gasteiger partial charge in [0.1, 0.15) is 0 Å². The molecular formula is C15H21F3N2. The SMILES string of the molecule is CC1CC(CN)CN1C(C)c1ccccc1C(F)(F)F. The highest BCUT2D eigenvalue weighted by atomic mass is 19.4. The van der Waals surface area contributed by atoms with Crippen molar-refractivity contribution in [2.24, 2.45) is 11.7 Å². The number of nitrogens with two attached hydrogens (primary N) is 1. The Morgan fingerprint density at radius 3 is 2.55 bits per heavy atom. The predicted molar refractivity (Wildman–Crippen MR) is 73.2 cm³/mol. The maximum Gasteiger partial charge on any atom is 0.416 e. The van der Waals surface area contributed by atoms with Gasteiger partial charge in [-0.15, -0.1) is 0 Å². The molecule has 2 nitrogen and oxygen atoms in total. The van der Waals surface area contributed by atoms with E-state index in [-0.39, 0.29) is 12.1 Å². The molecule has 2 N–H and O–H groups in total. The molecule has 1 aliphatic heterocycles. The first kappa shape index (κ1) is 15.3. The third-order valence-corrected chi connectivity index (χ3v) is 4.26. The van der Waals surface area contributed by atoms with Gasteiger partial charge in [-0.3, -0.25) is 4.90 Å². The zero-order valence-electron chi connectivity index (χ0n) is 11.8. The van der Waals surface area contributed by atoms with Gasteiger partial charge in [-0.2, -0.15) is 13.2 Å². The van der Waals surface area contributed by atoms with Crippen LogP contribution in [0.5, 0.6) is 0 Å². The number of hydrogen-bond acceptors (Lipinski definition) is 2. The number of halogens is 3. The van der Waals surface area contributed by atoms with E-state index in [1.807, 2.05) is 6.92 Å². The highest BCUT2D eigenvalue weighted by Crippen LogP contribution is 2.38. The first-order valence-corrected chi connectivity index (χ1v) is 6.96. The molecule has 1 saturated heterocycles. The predicted octanol–water partition coefficient (Wildman–Crippen LogP) is 3.44. The smallest absolute Gasteiger partial charge is 0.330 e. The molecule has 1 aliphatic rings. The van der Waals surface area contributed by atoms with Crippen LogP contribution in [0.25, 0.3) is 0 Å². The van der Waals surface area contributed by atoms with Crippen molar-refractivity contribution in [2.45, 2.75) is 38.5 Å². The normalized spacial score (nSPS) is 25.9. The molecule has 1 aromatic rings. The summed E-state index contributed by atoms with van der Waals surface area (Å²) in [6, 6.07) is 5.86. The molecule has 1 fully saturated rings. The summed E-state index contributed by atoms with van der Waals surface area (Å²) in [7, 11) is 0. The molecule has 5 heteroatoms. The molecule has 2 rings (SSSR count). The third-order valence-electron chi connectivity index (χ3n) is 4.26. The summed E-state index contributed by atoms with van der Waals surface area (Å²) >= 11 is 0. The monoisotopic (exact) mass is 286 g/mol. The third kappa shape index (κ3) is 2.99. The van der Waals surface area contributed by atoms with Crippen molar-refractivity contribution in [2.75, 3.05) is 13.1 Å². The highest BCUT2D eigenvalue weighted by Gasteiger charge is 2.38. The Balaban J connectivity index is 2.28. The second-order valence-corrected chi connectivity index (χ2v) is 5.64. The summed E-state index contributed by atoms with van der Waals surface area (Å²) in [6.07, 6.45) is -3.35. The highest BCUT2D eigenvalue weighted by molar-refractivity contribution is 5.32. The minimum Gasteiger partial charge on any atom is -0.330 e. The van der Waals surface area contributed by atoms with Gasteiger partial charge in [-0.25, -0.2) is 0 Å². The van der Waals surface area contributed by atoms with Crippen LogP contribution in [0.15, 0.2) is 24.3 Å². The molecule has 20 heavy (non-hydrogen) atoms. The van der Waals surface area contributed by atoms with Crippen molar-refractivity contribution in [3.8, 4) is 0 Å². The van der Waals surface area contributed by atoms with Crippen LogP contribution in [0, 0.1) is 5.92 Å². The topological polar surface area (TPSA) is 29.3 Å². The minimum atomic E-state index is -4.30. The van der Waals surface area contributed by atoms with E-state index < -0.39 is 11.7 Å². The molecular weight excluding hydrogens is 265 g/mol. The number of likely N-dealkylation sites (tertiary alicyclic amines) is 1. The minimum absolute atomic E-state index is 0.251. The Labute approximate surface area is 117 Å². The Bertz CT molecular complexity index is 459. The van der Waals surface area contributed by atoms with E-state index in [1.54, 1.807) is 12.1 Å². The van der Waals surface area contributed by atoms with Gasteiger partial charge in [0.2, 0.25) is 0 Å². The van der Waals surface area contributed by atoms with Gasteiger partial charge in [0.05, 0.1) is 5.56 Å². The molecule has 3 unspecified atom stereocenters. The molecule has 1 aromatic carbocycles. The van der Waals surface area contributed by atoms with E-state index in [0.29, 0.717) is 18.0 Å². The van der Waals surface area contributed by atoms with Crippen molar-refractivity contribution in [3.63, 3.8) is 0 Å². The van der Waals surface area contributed by atoms with Crippen molar-refractivity contribution >= 4 is 0 Å². The van der Waals surface area contributed by atoms with E-state index in [2.05, 4.69) is 11.8 Å². The Kier molecular flexibility index (Phi) is 4.39. The fourth-order valence-electron chi connectivity index (χ4n) is 3.18. The first-order valence-electron chi connectivity index (χ1n) is 6.96. The fourth-order valence-corrected chi connectivity index (χ4v) is 3.18. The van der Waals surface area contributed by atoms with Gasteiger partial charge in [0.25, 0.3) is 0 Å².